The highest BCUT2D eigenvalue weighted by molar-refractivity contribution is 6.74. The van der Waals surface area contributed by atoms with E-state index in [4.69, 9.17) is 24.9 Å². The average Bonchev–Trinajstić information content (AvgIpc) is 3.52. The molecule has 4 saturated carbocycles. The van der Waals surface area contributed by atoms with Crippen LogP contribution in [0.1, 0.15) is 152 Å². The number of unbranched alkanes of at least 4 members (excludes halogenated alkanes) is 2. The lowest BCUT2D eigenvalue weighted by Crippen LogP contribution is -2.49. The lowest BCUT2D eigenvalue weighted by atomic mass is 9.61. The molecule has 6 atom stereocenters. The van der Waals surface area contributed by atoms with Gasteiger partial charge in [-0.3, -0.25) is 0 Å². The molecule has 4 nitrogen and oxygen atoms in total. The van der Waals surface area contributed by atoms with E-state index in [0.717, 1.165) is 44.8 Å². The normalized spacial score (nSPS) is 32.9. The third-order valence-corrected chi connectivity index (χ3v) is 24.9. The number of hydrogen-bond donors (Lipinski definition) is 0. The molecule has 0 radical (unpaired) electrons. The van der Waals surface area contributed by atoms with Crippen LogP contribution in [-0.4, -0.2) is 47.8 Å². The SMILES string of the molecule is C=C1C(=CC=C2CCC[C@]3(C)[C@@H]([C@H](C)C=CCC4(C5(CCCCC)OCCO5)CC4)CC[C@@H]23)C[C@@H](O[Si](C)(C)C(C)(C)C)C[C@@H]1O[Si](C)(C)C(C)(C)C. The van der Waals surface area contributed by atoms with Crippen LogP contribution in [0.4, 0.5) is 0 Å². The maximum atomic E-state index is 7.14. The summed E-state index contributed by atoms with van der Waals surface area (Å²) in [5, 5.41) is 0.328. The summed E-state index contributed by atoms with van der Waals surface area (Å²) in [6.07, 6.45) is 27.0. The minimum Gasteiger partial charge on any atom is -0.413 e. The summed E-state index contributed by atoms with van der Waals surface area (Å²) >= 11 is 0. The first-order valence-corrected chi connectivity index (χ1v) is 27.8. The quantitative estimate of drug-likeness (QED) is 0.100. The lowest BCUT2D eigenvalue weighted by molar-refractivity contribution is -0.211. The second-order valence-electron chi connectivity index (χ2n) is 21.5. The molecular formula is C47H82O4Si2. The highest BCUT2D eigenvalue weighted by atomic mass is 28.4. The van der Waals surface area contributed by atoms with Crippen molar-refractivity contribution in [2.24, 2.45) is 28.6 Å². The van der Waals surface area contributed by atoms with Gasteiger partial charge in [-0.2, -0.15) is 0 Å². The van der Waals surface area contributed by atoms with E-state index in [9.17, 15) is 0 Å². The van der Waals surface area contributed by atoms with Gasteiger partial charge in [0.15, 0.2) is 22.4 Å². The predicted octanol–water partition coefficient (Wildman–Crippen LogP) is 13.9. The van der Waals surface area contributed by atoms with E-state index in [0.29, 0.717) is 17.3 Å². The van der Waals surface area contributed by atoms with E-state index >= 15 is 0 Å². The van der Waals surface area contributed by atoms with E-state index < -0.39 is 16.6 Å². The molecule has 1 saturated heterocycles. The van der Waals surface area contributed by atoms with Gasteiger partial charge < -0.3 is 18.3 Å². The van der Waals surface area contributed by atoms with E-state index in [1.54, 1.807) is 5.57 Å². The van der Waals surface area contributed by atoms with E-state index in [1.807, 2.05) is 0 Å². The van der Waals surface area contributed by atoms with Crippen LogP contribution in [0.25, 0.3) is 0 Å². The molecule has 0 aromatic heterocycles. The van der Waals surface area contributed by atoms with E-state index in [1.165, 1.54) is 75.4 Å². The molecular weight excluding hydrogens is 685 g/mol. The van der Waals surface area contributed by atoms with Crippen molar-refractivity contribution in [2.75, 3.05) is 13.2 Å². The van der Waals surface area contributed by atoms with Crippen LogP contribution >= 0.6 is 0 Å². The molecule has 53 heavy (non-hydrogen) atoms. The molecule has 302 valence electrons. The first-order valence-electron chi connectivity index (χ1n) is 22.0. The minimum absolute atomic E-state index is 0.0250. The van der Waals surface area contributed by atoms with Crippen LogP contribution in [0.2, 0.25) is 36.3 Å². The molecule has 1 aliphatic heterocycles. The fraction of sp³-hybridized carbons (Fsp3) is 0.830. The van der Waals surface area contributed by atoms with Crippen LogP contribution < -0.4 is 0 Å². The Morgan fingerprint density at radius 3 is 2.15 bits per heavy atom. The number of rotatable bonds is 14. The number of fused-ring (bicyclic) bond motifs is 1. The number of ether oxygens (including phenoxy) is 2. The van der Waals surface area contributed by atoms with Crippen molar-refractivity contribution in [3.05, 3.63) is 47.6 Å². The molecule has 4 aliphatic carbocycles. The molecule has 0 unspecified atom stereocenters. The zero-order valence-corrected chi connectivity index (χ0v) is 38.8. The van der Waals surface area contributed by atoms with Crippen molar-refractivity contribution in [1.82, 2.24) is 0 Å². The first-order chi connectivity index (χ1) is 24.6. The smallest absolute Gasteiger partial charge is 0.192 e. The molecule has 5 aliphatic rings. The summed E-state index contributed by atoms with van der Waals surface area (Å²) in [6.45, 7) is 37.3. The maximum Gasteiger partial charge on any atom is 0.192 e. The highest BCUT2D eigenvalue weighted by Crippen LogP contribution is 2.63. The standard InChI is InChI=1S/C47H82O4Si2/c1-15-16-17-28-47(48-31-32-49-47)46(29-30-46)27-18-20-35(2)40-24-25-41-37(21-19-26-45(40,41)10)22-23-38-33-39(50-52(11,12)43(4,5)6)34-42(36(38)3)51-53(13,14)44(7,8)9/h18,20,22-23,35,39-42H,3,15-17,19,21,24-34H2,1-2,4-14H3/t35-,39-,40-,41+,42+,45-/m1/s1. The summed E-state index contributed by atoms with van der Waals surface area (Å²) in [6, 6.07) is 0. The van der Waals surface area contributed by atoms with Gasteiger partial charge in [0.2, 0.25) is 0 Å². The number of allylic oxidation sites excluding steroid dienone is 5. The van der Waals surface area contributed by atoms with Crippen LogP contribution in [-0.2, 0) is 18.3 Å². The van der Waals surface area contributed by atoms with Crippen LogP contribution in [0.15, 0.2) is 47.6 Å². The summed E-state index contributed by atoms with van der Waals surface area (Å²) in [5.74, 6) is 1.64. The molecule has 0 bridgehead atoms. The third-order valence-electron chi connectivity index (χ3n) is 15.9. The fourth-order valence-electron chi connectivity index (χ4n) is 10.2. The zero-order chi connectivity index (χ0) is 39.1. The third kappa shape index (κ3) is 9.19. The molecule has 0 N–H and O–H groups in total. The summed E-state index contributed by atoms with van der Waals surface area (Å²) < 4.78 is 27.2. The van der Waals surface area contributed by atoms with Crippen molar-refractivity contribution in [3.63, 3.8) is 0 Å². The van der Waals surface area contributed by atoms with E-state index in [2.05, 4.69) is 113 Å². The van der Waals surface area contributed by atoms with Crippen molar-refractivity contribution in [2.45, 2.75) is 206 Å². The Balaban J connectivity index is 1.31. The molecule has 0 amide bonds. The van der Waals surface area contributed by atoms with Crippen molar-refractivity contribution < 1.29 is 18.3 Å². The Morgan fingerprint density at radius 1 is 0.906 bits per heavy atom. The van der Waals surface area contributed by atoms with Crippen LogP contribution in [0.3, 0.4) is 0 Å². The maximum absolute atomic E-state index is 7.14. The lowest BCUT2D eigenvalue weighted by Gasteiger charge is -2.45. The monoisotopic (exact) mass is 767 g/mol. The Bertz CT molecular complexity index is 1370. The van der Waals surface area contributed by atoms with Gasteiger partial charge in [-0.1, -0.05) is 112 Å². The first kappa shape index (κ1) is 43.4. The van der Waals surface area contributed by atoms with E-state index in [-0.39, 0.29) is 33.5 Å². The number of hydrogen-bond acceptors (Lipinski definition) is 4. The Kier molecular flexibility index (Phi) is 13.3. The molecule has 5 rings (SSSR count). The van der Waals surface area contributed by atoms with Gasteiger partial charge in [0, 0.05) is 18.3 Å². The van der Waals surface area contributed by atoms with Crippen molar-refractivity contribution in [3.8, 4) is 0 Å². The van der Waals surface area contributed by atoms with Gasteiger partial charge in [-0.25, -0.2) is 0 Å². The van der Waals surface area contributed by atoms with Gasteiger partial charge in [0.25, 0.3) is 0 Å². The highest BCUT2D eigenvalue weighted by Gasteiger charge is 2.62. The minimum atomic E-state index is -1.99. The Labute approximate surface area is 329 Å². The van der Waals surface area contributed by atoms with Gasteiger partial charge >= 0.3 is 0 Å². The molecule has 0 spiro atoms. The van der Waals surface area contributed by atoms with Crippen molar-refractivity contribution >= 4 is 16.6 Å². The average molecular weight is 767 g/mol. The predicted molar refractivity (Wildman–Crippen MR) is 230 cm³/mol. The van der Waals surface area contributed by atoms with Gasteiger partial charge in [-0.05, 0) is 135 Å². The fourth-order valence-corrected chi connectivity index (χ4v) is 12.9. The van der Waals surface area contributed by atoms with Gasteiger partial charge in [0.1, 0.15) is 0 Å². The van der Waals surface area contributed by atoms with Crippen LogP contribution in [0, 0.1) is 28.6 Å². The molecule has 0 aromatic carbocycles. The van der Waals surface area contributed by atoms with Gasteiger partial charge in [0.05, 0.1) is 25.4 Å². The second-order valence-corrected chi connectivity index (χ2v) is 31.1. The molecule has 6 heteroatoms. The Morgan fingerprint density at radius 2 is 1.55 bits per heavy atom. The Hall–Kier alpha value is -0.766. The molecule has 1 heterocycles. The largest absolute Gasteiger partial charge is 0.413 e. The zero-order valence-electron chi connectivity index (χ0n) is 36.8. The van der Waals surface area contributed by atoms with Gasteiger partial charge in [-0.15, -0.1) is 0 Å². The summed E-state index contributed by atoms with van der Waals surface area (Å²) in [4.78, 5) is 0. The summed E-state index contributed by atoms with van der Waals surface area (Å²) in [5.41, 5.74) is 4.77. The van der Waals surface area contributed by atoms with Crippen molar-refractivity contribution in [1.29, 1.82) is 0 Å². The molecule has 0 aromatic rings. The topological polar surface area (TPSA) is 36.9 Å². The second kappa shape index (κ2) is 16.2. The molecule has 5 fully saturated rings. The van der Waals surface area contributed by atoms with Crippen LogP contribution in [0.5, 0.6) is 0 Å². The summed E-state index contributed by atoms with van der Waals surface area (Å²) in [7, 11) is -3.93.